The molecular weight excluding hydrogens is 394 g/mol. The van der Waals surface area contributed by atoms with Crippen LogP contribution in [0.2, 0.25) is 0 Å². The van der Waals surface area contributed by atoms with Crippen LogP contribution in [-0.2, 0) is 6.42 Å². The van der Waals surface area contributed by atoms with Crippen LogP contribution in [0.25, 0.3) is 22.4 Å². The number of carboxylic acids is 1. The molecule has 2 aromatic heterocycles. The summed E-state index contributed by atoms with van der Waals surface area (Å²) in [5.41, 5.74) is 1.22. The van der Waals surface area contributed by atoms with Crippen LogP contribution in [0, 0.1) is 0 Å². The van der Waals surface area contributed by atoms with Crippen molar-refractivity contribution in [3.05, 3.63) is 52.2 Å². The number of carbonyl (C=O) groups excluding carboxylic acids is 1. The zero-order chi connectivity index (χ0) is 18.5. The average molecular weight is 415 g/mol. The number of furan rings is 1. The number of aromatic carboxylic acids is 1. The monoisotopic (exact) mass is 414 g/mol. The third kappa shape index (κ3) is 4.33. The Labute approximate surface area is 161 Å². The summed E-state index contributed by atoms with van der Waals surface area (Å²) in [6.45, 7) is 2.20. The van der Waals surface area contributed by atoms with E-state index in [9.17, 15) is 9.90 Å². The van der Waals surface area contributed by atoms with Crippen molar-refractivity contribution in [2.45, 2.75) is 45.4 Å². The van der Waals surface area contributed by atoms with Gasteiger partial charge in [-0.3, -0.25) is 0 Å². The predicted octanol–water partition coefficient (Wildman–Crippen LogP) is 5.13. The number of fused-ring (bicyclic) bond motifs is 1. The number of hydrogen-bond donors (Lipinski definition) is 0. The molecule has 0 saturated heterocycles. The number of benzene rings is 1. The second kappa shape index (κ2) is 8.49. The highest BCUT2D eigenvalue weighted by molar-refractivity contribution is 9.10. The average Bonchev–Trinajstić information content (AvgIpc) is 3.09. The molecule has 0 aliphatic heterocycles. The zero-order valence-electron chi connectivity index (χ0n) is 14.8. The first-order chi connectivity index (χ1) is 12.6. The first kappa shape index (κ1) is 18.6. The van der Waals surface area contributed by atoms with E-state index in [2.05, 4.69) is 27.8 Å². The maximum Gasteiger partial charge on any atom is 0.152 e. The van der Waals surface area contributed by atoms with Crippen molar-refractivity contribution in [3.63, 3.8) is 0 Å². The van der Waals surface area contributed by atoms with Crippen molar-refractivity contribution in [1.82, 2.24) is 4.98 Å². The summed E-state index contributed by atoms with van der Waals surface area (Å²) in [7, 11) is 0. The van der Waals surface area contributed by atoms with Crippen LogP contribution < -0.4 is 5.11 Å². The third-order valence-corrected chi connectivity index (χ3v) is 4.92. The quantitative estimate of drug-likeness (QED) is 0.478. The molecule has 26 heavy (non-hydrogen) atoms. The van der Waals surface area contributed by atoms with Gasteiger partial charge >= 0.3 is 0 Å². The zero-order valence-corrected chi connectivity index (χ0v) is 16.3. The summed E-state index contributed by atoms with van der Waals surface area (Å²) in [5.74, 6) is 0.268. The number of aryl methyl sites for hydroxylation is 1. The van der Waals surface area contributed by atoms with E-state index in [0.29, 0.717) is 22.4 Å². The predicted molar refractivity (Wildman–Crippen MR) is 104 cm³/mol. The van der Waals surface area contributed by atoms with E-state index >= 15 is 0 Å². The Morgan fingerprint density at radius 2 is 1.92 bits per heavy atom. The first-order valence-electron chi connectivity index (χ1n) is 8.99. The maximum atomic E-state index is 11.6. The van der Waals surface area contributed by atoms with Crippen molar-refractivity contribution in [2.24, 2.45) is 0 Å². The van der Waals surface area contributed by atoms with Gasteiger partial charge in [-0.25, -0.2) is 4.98 Å². The molecule has 0 aliphatic rings. The molecule has 3 rings (SSSR count). The van der Waals surface area contributed by atoms with Gasteiger partial charge in [0.1, 0.15) is 11.5 Å². The second-order valence-electron chi connectivity index (χ2n) is 6.43. The van der Waals surface area contributed by atoms with E-state index < -0.39 is 5.97 Å². The lowest BCUT2D eigenvalue weighted by atomic mass is 10.1. The van der Waals surface area contributed by atoms with Gasteiger partial charge in [-0.15, -0.1) is 0 Å². The van der Waals surface area contributed by atoms with E-state index in [1.165, 1.54) is 31.7 Å². The van der Waals surface area contributed by atoms with Crippen molar-refractivity contribution < 1.29 is 14.3 Å². The fraction of sp³-hybridized carbons (Fsp3) is 0.333. The summed E-state index contributed by atoms with van der Waals surface area (Å²) < 4.78 is 6.70. The van der Waals surface area contributed by atoms with Gasteiger partial charge in [-0.05, 0) is 42.8 Å². The minimum absolute atomic E-state index is 0.115. The topological polar surface area (TPSA) is 66.2 Å². The molecule has 0 saturated carbocycles. The number of carbonyl (C=O) groups is 1. The molecule has 0 aliphatic carbocycles. The molecule has 0 fully saturated rings. The number of hydrogen-bond acceptors (Lipinski definition) is 4. The van der Waals surface area contributed by atoms with Gasteiger partial charge in [0.15, 0.2) is 5.76 Å². The lowest BCUT2D eigenvalue weighted by Crippen LogP contribution is -2.22. The van der Waals surface area contributed by atoms with Crippen molar-refractivity contribution >= 4 is 32.8 Å². The van der Waals surface area contributed by atoms with Gasteiger partial charge in [0, 0.05) is 21.8 Å². The Kier molecular flexibility index (Phi) is 6.09. The molecule has 0 unspecified atom stereocenters. The van der Waals surface area contributed by atoms with Crippen LogP contribution in [0.1, 0.15) is 55.1 Å². The summed E-state index contributed by atoms with van der Waals surface area (Å²) in [4.78, 5) is 16.1. The van der Waals surface area contributed by atoms with Crippen LogP contribution in [0.5, 0.6) is 0 Å². The SMILES string of the molecule is CCCCCCCc1ccc(-c2cc(C(=O)[O-])c3cc(Br)ccc3n2)o1. The standard InChI is InChI=1S/C21H22BrNO3/c1-2-3-4-5-6-7-15-9-11-20(26-15)19-13-17(21(24)25)16-12-14(22)8-10-18(16)23-19/h8-13H,2-7H2,1H3,(H,24,25)/p-1. The van der Waals surface area contributed by atoms with Gasteiger partial charge in [0.25, 0.3) is 0 Å². The van der Waals surface area contributed by atoms with Crippen LogP contribution in [0.3, 0.4) is 0 Å². The Morgan fingerprint density at radius 3 is 2.69 bits per heavy atom. The number of pyridine rings is 1. The molecule has 4 nitrogen and oxygen atoms in total. The van der Waals surface area contributed by atoms with E-state index in [-0.39, 0.29) is 5.56 Å². The highest BCUT2D eigenvalue weighted by Crippen LogP contribution is 2.28. The van der Waals surface area contributed by atoms with Gasteiger partial charge in [0.05, 0.1) is 11.5 Å². The van der Waals surface area contributed by atoms with E-state index in [0.717, 1.165) is 23.1 Å². The molecule has 2 heterocycles. The highest BCUT2D eigenvalue weighted by Gasteiger charge is 2.12. The number of carboxylic acid groups (broad SMARTS) is 1. The van der Waals surface area contributed by atoms with Crippen LogP contribution in [0.15, 0.2) is 45.3 Å². The number of halogens is 1. The Hall–Kier alpha value is -2.14. The summed E-state index contributed by atoms with van der Waals surface area (Å²) in [6.07, 6.45) is 6.93. The molecule has 0 amide bonds. The molecule has 0 bridgehead atoms. The molecule has 1 aromatic carbocycles. The van der Waals surface area contributed by atoms with Gasteiger partial charge in [-0.1, -0.05) is 48.5 Å². The van der Waals surface area contributed by atoms with Gasteiger partial charge in [-0.2, -0.15) is 0 Å². The number of unbranched alkanes of at least 4 members (excludes halogenated alkanes) is 4. The third-order valence-electron chi connectivity index (χ3n) is 4.43. The number of rotatable bonds is 8. The van der Waals surface area contributed by atoms with E-state index in [4.69, 9.17) is 4.42 Å². The van der Waals surface area contributed by atoms with Crippen LogP contribution in [-0.4, -0.2) is 11.0 Å². The molecular formula is C21H21BrNO3-. The summed E-state index contributed by atoms with van der Waals surface area (Å²) >= 11 is 3.36. The Morgan fingerprint density at radius 1 is 1.12 bits per heavy atom. The molecule has 136 valence electrons. The summed E-state index contributed by atoms with van der Waals surface area (Å²) in [6, 6.07) is 10.7. The summed E-state index contributed by atoms with van der Waals surface area (Å²) in [5, 5.41) is 12.1. The Balaban J connectivity index is 1.84. The van der Waals surface area contributed by atoms with Crippen molar-refractivity contribution in [2.75, 3.05) is 0 Å². The largest absolute Gasteiger partial charge is 0.545 e. The van der Waals surface area contributed by atoms with Crippen molar-refractivity contribution in [1.29, 1.82) is 0 Å². The normalized spacial score (nSPS) is 11.2. The van der Waals surface area contributed by atoms with Gasteiger partial charge in [0.2, 0.25) is 0 Å². The maximum absolute atomic E-state index is 11.6. The smallest absolute Gasteiger partial charge is 0.152 e. The van der Waals surface area contributed by atoms with Crippen molar-refractivity contribution in [3.8, 4) is 11.5 Å². The molecule has 0 atom stereocenters. The lowest BCUT2D eigenvalue weighted by molar-refractivity contribution is -0.254. The molecule has 0 spiro atoms. The first-order valence-corrected chi connectivity index (χ1v) is 9.78. The lowest BCUT2D eigenvalue weighted by Gasteiger charge is -2.09. The fourth-order valence-electron chi connectivity index (χ4n) is 3.05. The van der Waals surface area contributed by atoms with Crippen LogP contribution >= 0.6 is 15.9 Å². The molecule has 0 N–H and O–H groups in total. The van der Waals surface area contributed by atoms with Gasteiger partial charge < -0.3 is 14.3 Å². The minimum atomic E-state index is -1.22. The number of nitrogens with zero attached hydrogens (tertiary/aromatic N) is 1. The number of aromatic nitrogens is 1. The van der Waals surface area contributed by atoms with E-state index in [1.807, 2.05) is 18.2 Å². The molecule has 3 aromatic rings. The Bertz CT molecular complexity index is 917. The van der Waals surface area contributed by atoms with Crippen LogP contribution in [0.4, 0.5) is 0 Å². The minimum Gasteiger partial charge on any atom is -0.545 e. The molecule has 5 heteroatoms. The van der Waals surface area contributed by atoms with E-state index in [1.54, 1.807) is 12.1 Å². The highest BCUT2D eigenvalue weighted by atomic mass is 79.9. The second-order valence-corrected chi connectivity index (χ2v) is 7.35. The molecule has 0 radical (unpaired) electrons. The fourth-order valence-corrected chi connectivity index (χ4v) is 3.41.